The number of rotatable bonds is 9. The van der Waals surface area contributed by atoms with Crippen LogP contribution < -0.4 is 0 Å². The predicted octanol–water partition coefficient (Wildman–Crippen LogP) is 4.10. The minimum Gasteiger partial charge on any atom is -0.463 e. The van der Waals surface area contributed by atoms with Crippen molar-refractivity contribution in [3.8, 4) is 0 Å². The van der Waals surface area contributed by atoms with E-state index in [0.29, 0.717) is 6.61 Å². The molecule has 94 valence electrons. The summed E-state index contributed by atoms with van der Waals surface area (Å²) in [6.07, 6.45) is 10.5. The number of allylic oxidation sites excluding steroid dienone is 1. The molecule has 0 rings (SSSR count). The summed E-state index contributed by atoms with van der Waals surface area (Å²) < 4.78 is 5.00. The third kappa shape index (κ3) is 11.3. The van der Waals surface area contributed by atoms with E-state index in [0.717, 1.165) is 12.3 Å². The Morgan fingerprint density at radius 3 is 2.38 bits per heavy atom. The first-order valence-electron chi connectivity index (χ1n) is 6.46. The Morgan fingerprint density at radius 2 is 1.75 bits per heavy atom. The lowest BCUT2D eigenvalue weighted by atomic mass is 10.0. The molecular formula is C14H26O2. The Kier molecular flexibility index (Phi) is 10.2. The summed E-state index contributed by atoms with van der Waals surface area (Å²) in [5.74, 6) is 0.601. The highest BCUT2D eigenvalue weighted by molar-refractivity contribution is 5.81. The van der Waals surface area contributed by atoms with E-state index in [1.807, 2.05) is 6.92 Å². The number of hydrogen-bond donors (Lipinski definition) is 0. The molecule has 0 aromatic rings. The van der Waals surface area contributed by atoms with Gasteiger partial charge in [0.25, 0.3) is 0 Å². The van der Waals surface area contributed by atoms with Gasteiger partial charge in [0.15, 0.2) is 0 Å². The van der Waals surface area contributed by atoms with Crippen LogP contribution in [-0.2, 0) is 9.53 Å². The smallest absolute Gasteiger partial charge is 0.330 e. The molecule has 0 heterocycles. The van der Waals surface area contributed by atoms with Gasteiger partial charge >= 0.3 is 5.97 Å². The first kappa shape index (κ1) is 15.2. The van der Waals surface area contributed by atoms with E-state index in [2.05, 4.69) is 13.8 Å². The molecule has 0 atom stereocenters. The van der Waals surface area contributed by atoms with Gasteiger partial charge in [0.05, 0.1) is 6.61 Å². The molecule has 2 nitrogen and oxygen atoms in total. The average Bonchev–Trinajstić information content (AvgIpc) is 2.22. The number of esters is 1. The summed E-state index contributed by atoms with van der Waals surface area (Å²) in [6, 6.07) is 0. The number of carbonyl (C=O) groups excluding carboxylic acids is 1. The largest absolute Gasteiger partial charge is 0.463 e. The lowest BCUT2D eigenvalue weighted by Crippen LogP contribution is -2.01. The molecule has 0 aliphatic rings. The van der Waals surface area contributed by atoms with E-state index in [1.54, 1.807) is 6.08 Å². The van der Waals surface area contributed by atoms with Gasteiger partial charge in [-0.25, -0.2) is 4.79 Å². The van der Waals surface area contributed by atoms with Crippen LogP contribution in [0.2, 0.25) is 0 Å². The first-order chi connectivity index (χ1) is 7.66. The SMILES string of the molecule is CC=CC(=O)OCCCCCCCC(C)C. The summed E-state index contributed by atoms with van der Waals surface area (Å²) in [5.41, 5.74) is 0. The van der Waals surface area contributed by atoms with Gasteiger partial charge in [0, 0.05) is 6.08 Å². The lowest BCUT2D eigenvalue weighted by molar-refractivity contribution is -0.137. The molecule has 0 unspecified atom stereocenters. The third-order valence-electron chi connectivity index (χ3n) is 2.47. The van der Waals surface area contributed by atoms with Crippen molar-refractivity contribution in [1.82, 2.24) is 0 Å². The van der Waals surface area contributed by atoms with Gasteiger partial charge in [-0.3, -0.25) is 0 Å². The van der Waals surface area contributed by atoms with Crippen LogP contribution in [0, 0.1) is 5.92 Å². The van der Waals surface area contributed by atoms with E-state index in [4.69, 9.17) is 4.74 Å². The fourth-order valence-electron chi connectivity index (χ4n) is 1.54. The van der Waals surface area contributed by atoms with Crippen molar-refractivity contribution in [1.29, 1.82) is 0 Å². The van der Waals surface area contributed by atoms with Crippen LogP contribution in [0.15, 0.2) is 12.2 Å². The van der Waals surface area contributed by atoms with Gasteiger partial charge in [-0.2, -0.15) is 0 Å². The standard InChI is InChI=1S/C14H26O2/c1-4-10-14(15)16-12-9-7-5-6-8-11-13(2)3/h4,10,13H,5-9,11-12H2,1-3H3. The molecule has 0 aliphatic heterocycles. The molecule has 0 N–H and O–H groups in total. The summed E-state index contributed by atoms with van der Waals surface area (Å²) in [5, 5.41) is 0. The molecule has 0 spiro atoms. The number of hydrogen-bond acceptors (Lipinski definition) is 2. The maximum atomic E-state index is 10.9. The summed E-state index contributed by atoms with van der Waals surface area (Å²) in [7, 11) is 0. The van der Waals surface area contributed by atoms with E-state index >= 15 is 0 Å². The van der Waals surface area contributed by atoms with Crippen molar-refractivity contribution < 1.29 is 9.53 Å². The monoisotopic (exact) mass is 226 g/mol. The predicted molar refractivity (Wildman–Crippen MR) is 68.3 cm³/mol. The highest BCUT2D eigenvalue weighted by Crippen LogP contribution is 2.10. The van der Waals surface area contributed by atoms with Crippen molar-refractivity contribution >= 4 is 5.97 Å². The number of ether oxygens (including phenoxy) is 1. The Hall–Kier alpha value is -0.790. The summed E-state index contributed by atoms with van der Waals surface area (Å²) in [4.78, 5) is 10.9. The first-order valence-corrected chi connectivity index (χ1v) is 6.46. The van der Waals surface area contributed by atoms with E-state index in [9.17, 15) is 4.79 Å². The molecule has 0 saturated carbocycles. The summed E-state index contributed by atoms with van der Waals surface area (Å²) in [6.45, 7) is 6.91. The second-order valence-corrected chi connectivity index (χ2v) is 4.62. The minimum absolute atomic E-state index is 0.220. The van der Waals surface area contributed by atoms with Crippen LogP contribution in [0.4, 0.5) is 0 Å². The van der Waals surface area contributed by atoms with Crippen LogP contribution in [0.3, 0.4) is 0 Å². The van der Waals surface area contributed by atoms with Crippen molar-refractivity contribution in [2.24, 2.45) is 5.92 Å². The highest BCUT2D eigenvalue weighted by Gasteiger charge is 1.97. The average molecular weight is 226 g/mol. The Morgan fingerprint density at radius 1 is 1.12 bits per heavy atom. The molecule has 0 fully saturated rings. The zero-order chi connectivity index (χ0) is 12.2. The fourth-order valence-corrected chi connectivity index (χ4v) is 1.54. The second-order valence-electron chi connectivity index (χ2n) is 4.62. The summed E-state index contributed by atoms with van der Waals surface area (Å²) >= 11 is 0. The van der Waals surface area contributed by atoms with Crippen LogP contribution in [-0.4, -0.2) is 12.6 Å². The molecule has 16 heavy (non-hydrogen) atoms. The lowest BCUT2D eigenvalue weighted by Gasteiger charge is -2.04. The maximum Gasteiger partial charge on any atom is 0.330 e. The Balaban J connectivity index is 3.13. The molecule has 0 amide bonds. The zero-order valence-electron chi connectivity index (χ0n) is 11.0. The Bertz CT molecular complexity index is 195. The number of unbranched alkanes of at least 4 members (excludes halogenated alkanes) is 4. The second kappa shape index (κ2) is 10.7. The zero-order valence-corrected chi connectivity index (χ0v) is 11.0. The van der Waals surface area contributed by atoms with Crippen molar-refractivity contribution in [3.05, 3.63) is 12.2 Å². The van der Waals surface area contributed by atoms with Gasteiger partial charge in [-0.1, -0.05) is 52.0 Å². The quantitative estimate of drug-likeness (QED) is 0.336. The van der Waals surface area contributed by atoms with Crippen LogP contribution in [0.25, 0.3) is 0 Å². The highest BCUT2D eigenvalue weighted by atomic mass is 16.5. The van der Waals surface area contributed by atoms with Crippen molar-refractivity contribution in [2.45, 2.75) is 59.3 Å². The molecule has 2 heteroatoms. The van der Waals surface area contributed by atoms with Crippen LogP contribution >= 0.6 is 0 Å². The topological polar surface area (TPSA) is 26.3 Å². The molecule has 0 aliphatic carbocycles. The van der Waals surface area contributed by atoms with E-state index in [1.165, 1.54) is 38.2 Å². The molecule has 0 aromatic heterocycles. The maximum absolute atomic E-state index is 10.9. The minimum atomic E-state index is -0.220. The molecule has 0 aromatic carbocycles. The normalized spacial score (nSPS) is 11.2. The van der Waals surface area contributed by atoms with Crippen LogP contribution in [0.1, 0.15) is 59.3 Å². The Labute approximate surface area is 100 Å². The van der Waals surface area contributed by atoms with Crippen molar-refractivity contribution in [3.63, 3.8) is 0 Å². The van der Waals surface area contributed by atoms with Gasteiger partial charge in [-0.05, 0) is 19.3 Å². The molecular weight excluding hydrogens is 200 g/mol. The number of carbonyl (C=O) groups is 1. The van der Waals surface area contributed by atoms with Crippen LogP contribution in [0.5, 0.6) is 0 Å². The van der Waals surface area contributed by atoms with Gasteiger partial charge in [-0.15, -0.1) is 0 Å². The van der Waals surface area contributed by atoms with Gasteiger partial charge < -0.3 is 4.74 Å². The van der Waals surface area contributed by atoms with E-state index in [-0.39, 0.29) is 5.97 Å². The third-order valence-corrected chi connectivity index (χ3v) is 2.47. The molecule has 0 bridgehead atoms. The van der Waals surface area contributed by atoms with Gasteiger partial charge in [0.1, 0.15) is 0 Å². The van der Waals surface area contributed by atoms with Gasteiger partial charge in [0.2, 0.25) is 0 Å². The molecule has 0 radical (unpaired) electrons. The molecule has 0 saturated heterocycles. The van der Waals surface area contributed by atoms with E-state index < -0.39 is 0 Å². The fraction of sp³-hybridized carbons (Fsp3) is 0.786. The van der Waals surface area contributed by atoms with Crippen molar-refractivity contribution in [2.75, 3.05) is 6.61 Å².